The first-order chi connectivity index (χ1) is 8.84. The van der Waals surface area contributed by atoms with E-state index in [0.29, 0.717) is 13.1 Å². The summed E-state index contributed by atoms with van der Waals surface area (Å²) in [5, 5.41) is 0. The highest BCUT2D eigenvalue weighted by Gasteiger charge is 2.64. The van der Waals surface area contributed by atoms with Crippen LogP contribution in [0.2, 0.25) is 0 Å². The van der Waals surface area contributed by atoms with Crippen molar-refractivity contribution >= 4 is 22.0 Å². The molecule has 1 heterocycles. The van der Waals surface area contributed by atoms with Gasteiger partial charge in [0.2, 0.25) is 5.91 Å². The van der Waals surface area contributed by atoms with Crippen molar-refractivity contribution in [3.8, 4) is 0 Å². The summed E-state index contributed by atoms with van der Waals surface area (Å²) in [6.45, 7) is 4.28. The van der Waals surface area contributed by atoms with Crippen molar-refractivity contribution in [2.45, 2.75) is 19.3 Å². The summed E-state index contributed by atoms with van der Waals surface area (Å²) < 4.78 is 27.1. The van der Waals surface area contributed by atoms with Crippen LogP contribution < -0.4 is 10.5 Å². The van der Waals surface area contributed by atoms with E-state index in [-0.39, 0.29) is 6.42 Å². The van der Waals surface area contributed by atoms with Gasteiger partial charge >= 0.3 is 10.2 Å². The lowest BCUT2D eigenvalue weighted by Gasteiger charge is -2.18. The van der Waals surface area contributed by atoms with E-state index >= 15 is 0 Å². The van der Waals surface area contributed by atoms with Gasteiger partial charge in [-0.3, -0.25) is 9.59 Å². The van der Waals surface area contributed by atoms with E-state index < -0.39 is 33.4 Å². The highest BCUT2D eigenvalue weighted by molar-refractivity contribution is 7.87. The minimum Gasteiger partial charge on any atom is -0.369 e. The minimum atomic E-state index is -3.88. The van der Waals surface area contributed by atoms with E-state index in [1.807, 2.05) is 4.72 Å². The monoisotopic (exact) mass is 287 g/mol. The molecule has 0 spiro atoms. The summed E-state index contributed by atoms with van der Waals surface area (Å²) in [5.41, 5.74) is 3.77. The largest absolute Gasteiger partial charge is 0.369 e. The number of primary amides is 1. The maximum atomic E-state index is 12.0. The van der Waals surface area contributed by atoms with E-state index in [4.69, 9.17) is 5.73 Å². The first kappa shape index (κ1) is 14.0. The number of carbonyl (C=O) groups excluding carboxylic acids is 2. The Labute approximate surface area is 112 Å². The fraction of sp³-hybridized carbons (Fsp3) is 0.636. The molecule has 2 amide bonds. The minimum absolute atomic E-state index is 0.215. The molecule has 2 aliphatic rings. The molecule has 19 heavy (non-hydrogen) atoms. The molecule has 7 nitrogen and oxygen atoms in total. The normalized spacial score (nSPS) is 30.8. The third-order valence-electron chi connectivity index (χ3n) is 3.77. The summed E-state index contributed by atoms with van der Waals surface area (Å²) in [6.07, 6.45) is 3.21. The van der Waals surface area contributed by atoms with Gasteiger partial charge in [0.05, 0.1) is 0 Å². The van der Waals surface area contributed by atoms with Gasteiger partial charge in [0.25, 0.3) is 5.91 Å². The standard InChI is InChI=1S/C11H17N3O4S/c1-2-8-7-11(8,9(12)15)10(16)13-19(17,18)14-5-3-4-6-14/h2,8H,1,3-7H2,(H2,12,15)(H,13,16)/t8-,11-/m1/s1. The van der Waals surface area contributed by atoms with Gasteiger partial charge in [-0.2, -0.15) is 12.7 Å². The van der Waals surface area contributed by atoms with Gasteiger partial charge in [0.1, 0.15) is 5.41 Å². The van der Waals surface area contributed by atoms with Crippen molar-refractivity contribution in [1.29, 1.82) is 0 Å². The fourth-order valence-electron chi connectivity index (χ4n) is 2.43. The molecule has 2 atom stereocenters. The third kappa shape index (κ3) is 2.25. The van der Waals surface area contributed by atoms with Crippen molar-refractivity contribution < 1.29 is 18.0 Å². The Kier molecular flexibility index (Phi) is 3.40. The van der Waals surface area contributed by atoms with Crippen LogP contribution in [0.15, 0.2) is 12.7 Å². The summed E-state index contributed by atoms with van der Waals surface area (Å²) >= 11 is 0. The lowest BCUT2D eigenvalue weighted by atomic mass is 10.0. The van der Waals surface area contributed by atoms with E-state index in [9.17, 15) is 18.0 Å². The molecule has 1 saturated carbocycles. The van der Waals surface area contributed by atoms with Crippen LogP contribution in [-0.2, 0) is 19.8 Å². The highest BCUT2D eigenvalue weighted by atomic mass is 32.2. The summed E-state index contributed by atoms with van der Waals surface area (Å²) in [7, 11) is -3.88. The Balaban J connectivity index is 2.13. The van der Waals surface area contributed by atoms with Crippen molar-refractivity contribution in [3.05, 3.63) is 12.7 Å². The number of rotatable bonds is 5. The van der Waals surface area contributed by atoms with Crippen LogP contribution in [0.25, 0.3) is 0 Å². The van der Waals surface area contributed by atoms with Gasteiger partial charge < -0.3 is 5.73 Å². The maximum Gasteiger partial charge on any atom is 0.303 e. The Morgan fingerprint density at radius 1 is 1.37 bits per heavy atom. The Bertz CT molecular complexity index is 524. The van der Waals surface area contributed by atoms with Gasteiger partial charge in [-0.1, -0.05) is 6.08 Å². The van der Waals surface area contributed by atoms with Crippen molar-refractivity contribution in [2.75, 3.05) is 13.1 Å². The van der Waals surface area contributed by atoms with Crippen LogP contribution in [0.5, 0.6) is 0 Å². The van der Waals surface area contributed by atoms with Crippen molar-refractivity contribution in [3.63, 3.8) is 0 Å². The Morgan fingerprint density at radius 3 is 2.37 bits per heavy atom. The van der Waals surface area contributed by atoms with Gasteiger partial charge in [-0.15, -0.1) is 6.58 Å². The zero-order valence-corrected chi connectivity index (χ0v) is 11.3. The first-order valence-electron chi connectivity index (χ1n) is 6.09. The summed E-state index contributed by atoms with van der Waals surface area (Å²) in [4.78, 5) is 23.5. The number of amides is 2. The Hall–Kier alpha value is -1.41. The second-order valence-corrected chi connectivity index (χ2v) is 6.59. The molecule has 1 saturated heterocycles. The van der Waals surface area contributed by atoms with Crippen LogP contribution in [-0.4, -0.2) is 37.6 Å². The molecule has 0 unspecified atom stereocenters. The second kappa shape index (κ2) is 4.61. The van der Waals surface area contributed by atoms with E-state index in [1.54, 1.807) is 0 Å². The Morgan fingerprint density at radius 2 is 1.95 bits per heavy atom. The van der Waals surface area contributed by atoms with Crippen molar-refractivity contribution in [1.82, 2.24) is 9.03 Å². The molecular formula is C11H17N3O4S. The molecule has 2 fully saturated rings. The van der Waals surface area contributed by atoms with Crippen LogP contribution >= 0.6 is 0 Å². The maximum absolute atomic E-state index is 12.0. The zero-order chi connectivity index (χ0) is 14.3. The first-order valence-corrected chi connectivity index (χ1v) is 7.53. The number of nitrogens with two attached hydrogens (primary N) is 1. The summed E-state index contributed by atoms with van der Waals surface area (Å²) in [6, 6.07) is 0. The summed E-state index contributed by atoms with van der Waals surface area (Å²) in [5.74, 6) is -2.05. The lowest BCUT2D eigenvalue weighted by Crippen LogP contribution is -2.48. The molecule has 0 radical (unpaired) electrons. The van der Waals surface area contributed by atoms with Crippen LogP contribution in [0, 0.1) is 11.3 Å². The molecule has 3 N–H and O–H groups in total. The molecule has 0 aromatic carbocycles. The number of carbonyl (C=O) groups is 2. The topological polar surface area (TPSA) is 110 Å². The third-order valence-corrected chi connectivity index (χ3v) is 5.26. The van der Waals surface area contributed by atoms with Gasteiger partial charge in [0, 0.05) is 19.0 Å². The average Bonchev–Trinajstić information content (AvgIpc) is 2.82. The number of nitrogens with one attached hydrogen (secondary N) is 1. The van der Waals surface area contributed by atoms with Crippen LogP contribution in [0.4, 0.5) is 0 Å². The molecule has 0 aromatic heterocycles. The smallest absolute Gasteiger partial charge is 0.303 e. The number of nitrogens with zero attached hydrogens (tertiary/aromatic N) is 1. The average molecular weight is 287 g/mol. The molecular weight excluding hydrogens is 270 g/mol. The number of hydrogen-bond acceptors (Lipinski definition) is 4. The quantitative estimate of drug-likeness (QED) is 0.505. The molecule has 1 aliphatic carbocycles. The predicted octanol–water partition coefficient (Wildman–Crippen LogP) is -0.879. The van der Waals surface area contributed by atoms with Gasteiger partial charge in [0.15, 0.2) is 0 Å². The fourth-order valence-corrected chi connectivity index (χ4v) is 3.71. The van der Waals surface area contributed by atoms with E-state index in [1.165, 1.54) is 10.4 Å². The zero-order valence-electron chi connectivity index (χ0n) is 10.5. The molecule has 2 rings (SSSR count). The SMILES string of the molecule is C=C[C@@H]1C[C@@]1(C(N)=O)C(=O)NS(=O)(=O)N1CCCC1. The molecule has 0 bridgehead atoms. The van der Waals surface area contributed by atoms with E-state index in [2.05, 4.69) is 6.58 Å². The number of allylic oxidation sites excluding steroid dienone is 1. The molecule has 0 aromatic rings. The highest BCUT2D eigenvalue weighted by Crippen LogP contribution is 2.53. The molecule has 106 valence electrons. The van der Waals surface area contributed by atoms with E-state index in [0.717, 1.165) is 12.8 Å². The molecule has 8 heteroatoms. The van der Waals surface area contributed by atoms with Crippen LogP contribution in [0.3, 0.4) is 0 Å². The van der Waals surface area contributed by atoms with Crippen molar-refractivity contribution in [2.24, 2.45) is 17.1 Å². The molecule has 1 aliphatic heterocycles. The predicted molar refractivity (Wildman–Crippen MR) is 67.8 cm³/mol. The van der Waals surface area contributed by atoms with Crippen LogP contribution in [0.1, 0.15) is 19.3 Å². The lowest BCUT2D eigenvalue weighted by molar-refractivity contribution is -0.134. The second-order valence-electron chi connectivity index (χ2n) is 4.92. The van der Waals surface area contributed by atoms with Gasteiger partial charge in [-0.05, 0) is 19.3 Å². The number of hydrogen-bond donors (Lipinski definition) is 2. The van der Waals surface area contributed by atoms with Gasteiger partial charge in [-0.25, -0.2) is 4.72 Å².